The van der Waals surface area contributed by atoms with Crippen LogP contribution in [-0.4, -0.2) is 58.0 Å². The summed E-state index contributed by atoms with van der Waals surface area (Å²) in [4.78, 5) is 36.1. The summed E-state index contributed by atoms with van der Waals surface area (Å²) in [5.41, 5.74) is 0. The van der Waals surface area contributed by atoms with Crippen molar-refractivity contribution in [2.45, 2.75) is 37.1 Å². The van der Waals surface area contributed by atoms with Crippen molar-refractivity contribution >= 4 is 29.6 Å². The van der Waals surface area contributed by atoms with E-state index in [2.05, 4.69) is 4.74 Å². The van der Waals surface area contributed by atoms with Gasteiger partial charge in [-0.25, -0.2) is 9.59 Å². The maximum atomic E-state index is 12.2. The number of β-lactam (4-membered cyclic amide) rings is 1. The number of methoxy groups -OCH3 is 1. The lowest BCUT2D eigenvalue weighted by Gasteiger charge is -2.44. The van der Waals surface area contributed by atoms with E-state index in [0.717, 1.165) is 5.75 Å². The van der Waals surface area contributed by atoms with Crippen LogP contribution in [0.3, 0.4) is 0 Å². The van der Waals surface area contributed by atoms with E-state index in [9.17, 15) is 19.5 Å². The Hall–Kier alpha value is -1.50. The van der Waals surface area contributed by atoms with Crippen molar-refractivity contribution in [2.75, 3.05) is 12.9 Å². The van der Waals surface area contributed by atoms with Crippen LogP contribution in [0.2, 0.25) is 0 Å². The number of aliphatic carboxylic acids is 1. The Kier molecular flexibility index (Phi) is 4.92. The standard InChI is InChI=1S/C14H19NO5S/c1-3-21-10-7-9-8(5-4-6-11(16)20-2)13(17)15(9)12(10)14(18)19/h4,6,8-10,12H,3,5,7H2,1-2H3,(H,18,19)/t8?,9?,10?,12-/m0/s1. The highest BCUT2D eigenvalue weighted by Crippen LogP contribution is 2.45. The van der Waals surface area contributed by atoms with Crippen molar-refractivity contribution in [2.24, 2.45) is 5.92 Å². The lowest BCUT2D eigenvalue weighted by Crippen LogP contribution is -2.61. The van der Waals surface area contributed by atoms with Crippen LogP contribution in [0.4, 0.5) is 0 Å². The van der Waals surface area contributed by atoms with Crippen LogP contribution in [-0.2, 0) is 19.1 Å². The Morgan fingerprint density at radius 2 is 2.24 bits per heavy atom. The van der Waals surface area contributed by atoms with Crippen LogP contribution >= 0.6 is 11.8 Å². The second-order valence-electron chi connectivity index (χ2n) is 5.09. The van der Waals surface area contributed by atoms with E-state index in [4.69, 9.17) is 0 Å². The minimum atomic E-state index is -0.930. The van der Waals surface area contributed by atoms with Gasteiger partial charge in [0.05, 0.1) is 13.0 Å². The molecule has 0 radical (unpaired) electrons. The van der Waals surface area contributed by atoms with Gasteiger partial charge in [-0.15, -0.1) is 0 Å². The molecule has 2 aliphatic rings. The van der Waals surface area contributed by atoms with Crippen molar-refractivity contribution in [1.29, 1.82) is 0 Å². The summed E-state index contributed by atoms with van der Waals surface area (Å²) in [6.07, 6.45) is 4.09. The normalized spacial score (nSPS) is 31.1. The molecule has 0 aromatic rings. The third-order valence-corrected chi connectivity index (χ3v) is 5.21. The fourth-order valence-electron chi connectivity index (χ4n) is 3.09. The first-order valence-electron chi connectivity index (χ1n) is 6.92. The second kappa shape index (κ2) is 6.51. The molecule has 2 rings (SSSR count). The molecule has 0 aromatic heterocycles. The fraction of sp³-hybridized carbons (Fsp3) is 0.643. The summed E-state index contributed by atoms with van der Waals surface area (Å²) in [6, 6.07) is -0.738. The highest BCUT2D eigenvalue weighted by Gasteiger charge is 2.59. The lowest BCUT2D eigenvalue weighted by molar-refractivity contribution is -0.163. The number of carboxylic acids is 1. The molecule has 2 aliphatic heterocycles. The van der Waals surface area contributed by atoms with E-state index < -0.39 is 18.0 Å². The predicted octanol–water partition coefficient (Wildman–Crippen LogP) is 0.911. The highest BCUT2D eigenvalue weighted by atomic mass is 32.2. The molecule has 7 heteroatoms. The Balaban J connectivity index is 2.02. The third kappa shape index (κ3) is 2.92. The van der Waals surface area contributed by atoms with Gasteiger partial charge in [0.15, 0.2) is 0 Å². The second-order valence-corrected chi connectivity index (χ2v) is 6.61. The van der Waals surface area contributed by atoms with Crippen LogP contribution in [0.1, 0.15) is 19.8 Å². The van der Waals surface area contributed by atoms with Gasteiger partial charge in [0.2, 0.25) is 5.91 Å². The third-order valence-electron chi connectivity index (χ3n) is 4.00. The molecule has 4 atom stereocenters. The SMILES string of the molecule is CCSC1CC2C(CC=CC(=O)OC)C(=O)N2[C@@H]1C(=O)O. The van der Waals surface area contributed by atoms with Crippen LogP contribution in [0.25, 0.3) is 0 Å². The van der Waals surface area contributed by atoms with E-state index in [1.54, 1.807) is 17.8 Å². The number of hydrogen-bond acceptors (Lipinski definition) is 5. The van der Waals surface area contributed by atoms with Crippen molar-refractivity contribution in [1.82, 2.24) is 4.90 Å². The number of carbonyl (C=O) groups excluding carboxylic acids is 2. The molecular formula is C14H19NO5S. The zero-order chi connectivity index (χ0) is 15.6. The van der Waals surface area contributed by atoms with Gasteiger partial charge in [-0.3, -0.25) is 4.79 Å². The number of thioether (sulfide) groups is 1. The maximum absolute atomic E-state index is 12.2. The zero-order valence-corrected chi connectivity index (χ0v) is 12.8. The Labute approximate surface area is 127 Å². The number of esters is 1. The molecule has 0 bridgehead atoms. The molecule has 116 valence electrons. The molecule has 0 saturated carbocycles. The van der Waals surface area contributed by atoms with Crippen molar-refractivity contribution in [3.8, 4) is 0 Å². The summed E-state index contributed by atoms with van der Waals surface area (Å²) < 4.78 is 4.49. The first kappa shape index (κ1) is 15.9. The zero-order valence-electron chi connectivity index (χ0n) is 12.0. The molecule has 1 N–H and O–H groups in total. The van der Waals surface area contributed by atoms with Gasteiger partial charge in [0.1, 0.15) is 6.04 Å². The molecule has 0 aromatic carbocycles. The van der Waals surface area contributed by atoms with Gasteiger partial charge < -0.3 is 14.7 Å². The van der Waals surface area contributed by atoms with Gasteiger partial charge >= 0.3 is 11.9 Å². The number of rotatable bonds is 6. The molecule has 2 saturated heterocycles. The quantitative estimate of drug-likeness (QED) is 0.446. The van der Waals surface area contributed by atoms with Crippen LogP contribution < -0.4 is 0 Å². The molecule has 0 spiro atoms. The number of carboxylic acid groups (broad SMARTS) is 1. The maximum Gasteiger partial charge on any atom is 0.330 e. The minimum absolute atomic E-state index is 0.0232. The van der Waals surface area contributed by atoms with Crippen LogP contribution in [0, 0.1) is 5.92 Å². The Bertz CT molecular complexity index is 478. The first-order chi connectivity index (χ1) is 10.0. The van der Waals surface area contributed by atoms with Crippen molar-refractivity contribution < 1.29 is 24.2 Å². The summed E-state index contributed by atoms with van der Waals surface area (Å²) in [5, 5.41) is 9.29. The smallest absolute Gasteiger partial charge is 0.330 e. The number of hydrogen-bond donors (Lipinski definition) is 1. The average molecular weight is 313 g/mol. The highest BCUT2D eigenvalue weighted by molar-refractivity contribution is 7.99. The van der Waals surface area contributed by atoms with Gasteiger partial charge in [-0.1, -0.05) is 13.0 Å². The van der Waals surface area contributed by atoms with E-state index in [1.165, 1.54) is 18.1 Å². The molecule has 2 heterocycles. The van der Waals surface area contributed by atoms with E-state index in [1.807, 2.05) is 6.92 Å². The molecule has 2 fully saturated rings. The Morgan fingerprint density at radius 1 is 1.52 bits per heavy atom. The average Bonchev–Trinajstić information content (AvgIpc) is 2.79. The van der Waals surface area contributed by atoms with Crippen molar-refractivity contribution in [3.05, 3.63) is 12.2 Å². The Morgan fingerprint density at radius 3 is 2.81 bits per heavy atom. The molecule has 0 aliphatic carbocycles. The number of carbonyl (C=O) groups is 3. The van der Waals surface area contributed by atoms with E-state index in [0.29, 0.717) is 12.8 Å². The molecule has 6 nitrogen and oxygen atoms in total. The van der Waals surface area contributed by atoms with Crippen LogP contribution in [0.15, 0.2) is 12.2 Å². The minimum Gasteiger partial charge on any atom is -0.480 e. The monoisotopic (exact) mass is 313 g/mol. The summed E-state index contributed by atoms with van der Waals surface area (Å²) in [7, 11) is 1.30. The van der Waals surface area contributed by atoms with Gasteiger partial charge in [0, 0.05) is 17.4 Å². The number of ether oxygens (including phenoxy) is 1. The number of allylic oxidation sites excluding steroid dienone is 1. The number of nitrogens with zero attached hydrogens (tertiary/aromatic N) is 1. The predicted molar refractivity (Wildman–Crippen MR) is 77.9 cm³/mol. The topological polar surface area (TPSA) is 83.9 Å². The first-order valence-corrected chi connectivity index (χ1v) is 7.97. The van der Waals surface area contributed by atoms with Crippen LogP contribution in [0.5, 0.6) is 0 Å². The number of amides is 1. The molecule has 21 heavy (non-hydrogen) atoms. The van der Waals surface area contributed by atoms with Crippen molar-refractivity contribution in [3.63, 3.8) is 0 Å². The summed E-state index contributed by atoms with van der Waals surface area (Å²) in [6.45, 7) is 1.98. The van der Waals surface area contributed by atoms with E-state index in [-0.39, 0.29) is 23.1 Å². The molecular weight excluding hydrogens is 294 g/mol. The van der Waals surface area contributed by atoms with Gasteiger partial charge in [-0.2, -0.15) is 11.8 Å². The van der Waals surface area contributed by atoms with E-state index >= 15 is 0 Å². The molecule has 3 unspecified atom stereocenters. The lowest BCUT2D eigenvalue weighted by atomic mass is 9.85. The van der Waals surface area contributed by atoms with Gasteiger partial charge in [-0.05, 0) is 18.6 Å². The summed E-state index contributed by atoms with van der Waals surface area (Å²) in [5.74, 6) is -0.889. The largest absolute Gasteiger partial charge is 0.480 e. The number of fused-ring (bicyclic) bond motifs is 1. The summed E-state index contributed by atoms with van der Waals surface area (Å²) >= 11 is 1.59. The van der Waals surface area contributed by atoms with Gasteiger partial charge in [0.25, 0.3) is 0 Å². The fourth-order valence-corrected chi connectivity index (χ4v) is 4.28. The molecule has 1 amide bonds.